The van der Waals surface area contributed by atoms with Crippen LogP contribution in [0.5, 0.6) is 0 Å². The van der Waals surface area contributed by atoms with Crippen LogP contribution in [0.3, 0.4) is 0 Å². The number of ether oxygens (including phenoxy) is 1. The van der Waals surface area contributed by atoms with Crippen molar-refractivity contribution >= 4 is 46.1 Å². The van der Waals surface area contributed by atoms with Crippen LogP contribution in [-0.2, 0) is 16.1 Å². The van der Waals surface area contributed by atoms with Crippen LogP contribution in [0.25, 0.3) is 11.0 Å². The molecular weight excluding hydrogens is 364 g/mol. The van der Waals surface area contributed by atoms with E-state index in [0.717, 1.165) is 22.6 Å². The zero-order valence-electron chi connectivity index (χ0n) is 14.6. The second kappa shape index (κ2) is 9.79. The molecule has 10 heteroatoms. The van der Waals surface area contributed by atoms with E-state index in [-0.39, 0.29) is 5.91 Å². The van der Waals surface area contributed by atoms with Crippen LogP contribution in [-0.4, -0.2) is 63.6 Å². The first kappa shape index (κ1) is 19.7. The van der Waals surface area contributed by atoms with E-state index in [0.29, 0.717) is 31.4 Å². The van der Waals surface area contributed by atoms with Crippen molar-refractivity contribution in [1.29, 1.82) is 0 Å². The van der Waals surface area contributed by atoms with Gasteiger partial charge in [0, 0.05) is 20.2 Å². The number of nitrogens with one attached hydrogen (secondary N) is 2. The van der Waals surface area contributed by atoms with Gasteiger partial charge >= 0.3 is 0 Å². The van der Waals surface area contributed by atoms with Crippen molar-refractivity contribution in [3.05, 3.63) is 6.20 Å². The number of hydrogen-bond donors (Lipinski definition) is 2. The van der Waals surface area contributed by atoms with Crippen LogP contribution < -0.4 is 10.6 Å². The highest BCUT2D eigenvalue weighted by Crippen LogP contribution is 2.24. The molecule has 2 heterocycles. The molecule has 2 aromatic rings. The Hall–Kier alpha value is -1.58. The molecule has 1 unspecified atom stereocenters. The van der Waals surface area contributed by atoms with E-state index >= 15 is 0 Å². The number of hydrogen-bond acceptors (Lipinski definition) is 7. The van der Waals surface area contributed by atoms with Gasteiger partial charge in [-0.3, -0.25) is 4.79 Å². The number of anilines is 1. The zero-order chi connectivity index (χ0) is 18.2. The maximum atomic E-state index is 11.6. The van der Waals surface area contributed by atoms with E-state index in [1.165, 1.54) is 0 Å². The summed E-state index contributed by atoms with van der Waals surface area (Å²) >= 11 is 7.31. The largest absolute Gasteiger partial charge is 0.383 e. The fraction of sp³-hybridized carbons (Fsp3) is 0.600. The number of halogens is 1. The van der Waals surface area contributed by atoms with Crippen LogP contribution in [0, 0.1) is 0 Å². The van der Waals surface area contributed by atoms with Crippen molar-refractivity contribution in [3.63, 3.8) is 0 Å². The first-order valence-electron chi connectivity index (χ1n) is 8.07. The lowest BCUT2D eigenvalue weighted by atomic mass is 10.4. The van der Waals surface area contributed by atoms with Crippen molar-refractivity contribution in [3.8, 4) is 0 Å². The number of methoxy groups -OCH3 is 1. The highest BCUT2D eigenvalue weighted by molar-refractivity contribution is 7.99. The third-order valence-electron chi connectivity index (χ3n) is 3.33. The monoisotopic (exact) mass is 386 g/mol. The Morgan fingerprint density at radius 1 is 1.44 bits per heavy atom. The van der Waals surface area contributed by atoms with Crippen LogP contribution in [0.2, 0.25) is 0 Å². The number of carbonyl (C=O) groups excluding carboxylic acids is 1. The molecule has 0 aliphatic heterocycles. The number of alkyl halides is 1. The van der Waals surface area contributed by atoms with E-state index in [1.54, 1.807) is 36.7 Å². The lowest BCUT2D eigenvalue weighted by Gasteiger charge is -2.10. The molecule has 0 aliphatic rings. The quantitative estimate of drug-likeness (QED) is 0.278. The Morgan fingerprint density at radius 2 is 2.24 bits per heavy atom. The molecule has 1 amide bonds. The van der Waals surface area contributed by atoms with Gasteiger partial charge in [0.05, 0.1) is 24.7 Å². The van der Waals surface area contributed by atoms with Crippen molar-refractivity contribution < 1.29 is 9.53 Å². The zero-order valence-corrected chi connectivity index (χ0v) is 16.2. The molecule has 1 atom stereocenters. The lowest BCUT2D eigenvalue weighted by Crippen LogP contribution is -2.32. The van der Waals surface area contributed by atoms with E-state index in [9.17, 15) is 4.79 Å². The standard InChI is InChI=1S/C15H23ClN6O2S/c1-4-25-15-20-12(17-6-8-24-3)11-9-19-22(13(11)21-15)7-5-18-14(23)10(2)16/h9-10H,4-8H2,1-3H3,(H,18,23)(H,17,20,21). The average Bonchev–Trinajstić information content (AvgIpc) is 2.98. The first-order chi connectivity index (χ1) is 12.1. The summed E-state index contributed by atoms with van der Waals surface area (Å²) < 4.78 is 6.83. The summed E-state index contributed by atoms with van der Waals surface area (Å²) in [4.78, 5) is 20.7. The van der Waals surface area contributed by atoms with Gasteiger partial charge in [0.2, 0.25) is 5.91 Å². The van der Waals surface area contributed by atoms with E-state index in [4.69, 9.17) is 16.3 Å². The summed E-state index contributed by atoms with van der Waals surface area (Å²) in [6.45, 7) is 5.85. The van der Waals surface area contributed by atoms with Crippen molar-refractivity contribution in [2.75, 3.05) is 37.9 Å². The highest BCUT2D eigenvalue weighted by Gasteiger charge is 2.14. The van der Waals surface area contributed by atoms with Gasteiger partial charge in [0.15, 0.2) is 10.8 Å². The molecule has 0 saturated heterocycles. The molecule has 2 aromatic heterocycles. The predicted molar refractivity (Wildman–Crippen MR) is 100 cm³/mol. The second-order valence-corrected chi connectivity index (χ2v) is 7.11. The van der Waals surface area contributed by atoms with Crippen LogP contribution >= 0.6 is 23.4 Å². The Kier molecular flexibility index (Phi) is 7.73. The number of aromatic nitrogens is 4. The molecule has 2 rings (SSSR count). The van der Waals surface area contributed by atoms with Gasteiger partial charge in [-0.2, -0.15) is 5.10 Å². The van der Waals surface area contributed by atoms with Crippen LogP contribution in [0.15, 0.2) is 11.4 Å². The third-order valence-corrected chi connectivity index (χ3v) is 4.26. The maximum Gasteiger partial charge on any atom is 0.237 e. The maximum absolute atomic E-state index is 11.6. The molecule has 0 spiro atoms. The summed E-state index contributed by atoms with van der Waals surface area (Å²) in [5.41, 5.74) is 0.735. The molecule has 0 aliphatic carbocycles. The van der Waals surface area contributed by atoms with Crippen LogP contribution in [0.1, 0.15) is 13.8 Å². The van der Waals surface area contributed by atoms with Gasteiger partial charge in [-0.15, -0.1) is 11.6 Å². The van der Waals surface area contributed by atoms with Crippen molar-refractivity contribution in [2.24, 2.45) is 0 Å². The van der Waals surface area contributed by atoms with Crippen molar-refractivity contribution in [1.82, 2.24) is 25.1 Å². The Balaban J connectivity index is 2.19. The molecule has 138 valence electrons. The van der Waals surface area contributed by atoms with Gasteiger partial charge < -0.3 is 15.4 Å². The van der Waals surface area contributed by atoms with Gasteiger partial charge in [-0.1, -0.05) is 18.7 Å². The smallest absolute Gasteiger partial charge is 0.237 e. The highest BCUT2D eigenvalue weighted by atomic mass is 35.5. The molecular formula is C15H23ClN6O2S. The van der Waals surface area contributed by atoms with E-state index in [1.807, 2.05) is 0 Å². The molecule has 8 nitrogen and oxygen atoms in total. The SMILES string of the molecule is CCSc1nc(NCCOC)c2cnn(CCNC(=O)C(C)Cl)c2n1. The topological polar surface area (TPSA) is 94.0 Å². The summed E-state index contributed by atoms with van der Waals surface area (Å²) in [5.74, 6) is 1.42. The van der Waals surface area contributed by atoms with Gasteiger partial charge in [0.25, 0.3) is 0 Å². The Labute approximate surface area is 156 Å². The number of fused-ring (bicyclic) bond motifs is 1. The Bertz CT molecular complexity index is 709. The number of thioether (sulfide) groups is 1. The van der Waals surface area contributed by atoms with Crippen LogP contribution in [0.4, 0.5) is 5.82 Å². The van der Waals surface area contributed by atoms with Crippen molar-refractivity contribution in [2.45, 2.75) is 30.9 Å². The third kappa shape index (κ3) is 5.45. The molecule has 25 heavy (non-hydrogen) atoms. The fourth-order valence-corrected chi connectivity index (χ4v) is 2.77. The minimum Gasteiger partial charge on any atom is -0.383 e. The normalized spacial score (nSPS) is 12.3. The minimum atomic E-state index is -0.555. The molecule has 0 bridgehead atoms. The molecule has 0 fully saturated rings. The average molecular weight is 387 g/mol. The van der Waals surface area contributed by atoms with E-state index in [2.05, 4.69) is 32.6 Å². The molecule has 0 saturated carbocycles. The number of rotatable bonds is 10. The van der Waals surface area contributed by atoms with E-state index < -0.39 is 5.38 Å². The summed E-state index contributed by atoms with van der Waals surface area (Å²) in [5, 5.41) is 11.4. The Morgan fingerprint density at radius 3 is 2.92 bits per heavy atom. The minimum absolute atomic E-state index is 0.197. The van der Waals surface area contributed by atoms with Gasteiger partial charge in [0.1, 0.15) is 11.2 Å². The summed E-state index contributed by atoms with van der Waals surface area (Å²) in [6, 6.07) is 0. The van der Waals surface area contributed by atoms with Gasteiger partial charge in [-0.25, -0.2) is 14.6 Å². The van der Waals surface area contributed by atoms with Gasteiger partial charge in [-0.05, 0) is 12.7 Å². The predicted octanol–water partition coefficient (Wildman–Crippen LogP) is 1.74. The first-order valence-corrected chi connectivity index (χ1v) is 9.50. The fourth-order valence-electron chi connectivity index (χ4n) is 2.12. The molecule has 0 aromatic carbocycles. The lowest BCUT2D eigenvalue weighted by molar-refractivity contribution is -0.120. The number of amides is 1. The number of carbonyl (C=O) groups is 1. The summed E-state index contributed by atoms with van der Waals surface area (Å²) in [7, 11) is 1.66. The second-order valence-electron chi connectivity index (χ2n) is 5.22. The summed E-state index contributed by atoms with van der Waals surface area (Å²) in [6.07, 6.45) is 1.73. The number of nitrogens with zero attached hydrogens (tertiary/aromatic N) is 4. The molecule has 0 radical (unpaired) electrons. The molecule has 2 N–H and O–H groups in total.